The predicted molar refractivity (Wildman–Crippen MR) is 59.4 cm³/mol. The number of benzene rings is 1. The Morgan fingerprint density at radius 1 is 1.43 bits per heavy atom. The van der Waals surface area contributed by atoms with Crippen LogP contribution in [0.15, 0.2) is 17.5 Å². The molecule has 1 N–H and O–H groups in total. The van der Waals surface area contributed by atoms with Gasteiger partial charge in [-0.3, -0.25) is 0 Å². The molecule has 0 spiro atoms. The van der Waals surface area contributed by atoms with Crippen LogP contribution in [0.1, 0.15) is 12.5 Å². The van der Waals surface area contributed by atoms with Gasteiger partial charge in [0, 0.05) is 10.1 Å². The number of methoxy groups -OCH3 is 1. The molecular formula is C11H12O2S. The van der Waals surface area contributed by atoms with Crippen molar-refractivity contribution in [3.8, 4) is 11.5 Å². The lowest BCUT2D eigenvalue weighted by atomic mass is 10.1. The number of phenolic OH excluding ortho intramolecular Hbond substituents is 1. The molecule has 2 nitrogen and oxygen atoms in total. The van der Waals surface area contributed by atoms with E-state index >= 15 is 0 Å². The van der Waals surface area contributed by atoms with Gasteiger partial charge in [-0.1, -0.05) is 6.92 Å². The topological polar surface area (TPSA) is 29.5 Å². The number of phenols is 1. The number of rotatable bonds is 2. The molecule has 0 fully saturated rings. The van der Waals surface area contributed by atoms with Gasteiger partial charge in [0.1, 0.15) is 11.5 Å². The molecule has 1 heterocycles. The normalized spacial score (nSPS) is 10.7. The van der Waals surface area contributed by atoms with Crippen LogP contribution >= 0.6 is 11.3 Å². The molecule has 0 aliphatic rings. The molecule has 0 unspecified atom stereocenters. The first-order chi connectivity index (χ1) is 6.76. The van der Waals surface area contributed by atoms with Crippen molar-refractivity contribution in [2.45, 2.75) is 13.3 Å². The third-order valence-electron chi connectivity index (χ3n) is 2.31. The standard InChI is InChI=1S/C11H12O2S/c1-3-7-4-8(12)11-9(13-2)6-14-10(11)5-7/h4-6,12H,3H2,1-2H3. The second kappa shape index (κ2) is 3.50. The molecule has 2 rings (SSSR count). The maximum absolute atomic E-state index is 9.81. The fourth-order valence-electron chi connectivity index (χ4n) is 1.53. The Balaban J connectivity index is 2.72. The van der Waals surface area contributed by atoms with E-state index in [0.29, 0.717) is 5.75 Å². The zero-order valence-electron chi connectivity index (χ0n) is 8.20. The van der Waals surface area contributed by atoms with E-state index in [1.807, 2.05) is 5.38 Å². The fourth-order valence-corrected chi connectivity index (χ4v) is 2.52. The number of hydrogen-bond acceptors (Lipinski definition) is 3. The van der Waals surface area contributed by atoms with Crippen LogP contribution in [0, 0.1) is 0 Å². The summed E-state index contributed by atoms with van der Waals surface area (Å²) in [4.78, 5) is 0. The molecule has 0 bridgehead atoms. The average Bonchev–Trinajstić information content (AvgIpc) is 2.61. The van der Waals surface area contributed by atoms with Crippen molar-refractivity contribution in [1.82, 2.24) is 0 Å². The van der Waals surface area contributed by atoms with Crippen LogP contribution in [-0.2, 0) is 6.42 Å². The van der Waals surface area contributed by atoms with Crippen molar-refractivity contribution < 1.29 is 9.84 Å². The van der Waals surface area contributed by atoms with Crippen molar-refractivity contribution in [1.29, 1.82) is 0 Å². The lowest BCUT2D eigenvalue weighted by Crippen LogP contribution is -1.82. The van der Waals surface area contributed by atoms with E-state index in [1.165, 1.54) is 0 Å². The van der Waals surface area contributed by atoms with Crippen molar-refractivity contribution in [3.63, 3.8) is 0 Å². The highest BCUT2D eigenvalue weighted by Gasteiger charge is 2.09. The van der Waals surface area contributed by atoms with E-state index in [4.69, 9.17) is 4.74 Å². The summed E-state index contributed by atoms with van der Waals surface area (Å²) < 4.78 is 6.25. The third-order valence-corrected chi connectivity index (χ3v) is 3.22. The molecule has 0 aliphatic carbocycles. The van der Waals surface area contributed by atoms with Crippen LogP contribution in [0.2, 0.25) is 0 Å². The lowest BCUT2D eigenvalue weighted by Gasteiger charge is -2.02. The van der Waals surface area contributed by atoms with Crippen molar-refractivity contribution >= 4 is 21.4 Å². The molecule has 2 aromatic rings. The monoisotopic (exact) mass is 208 g/mol. The molecule has 3 heteroatoms. The average molecular weight is 208 g/mol. The lowest BCUT2D eigenvalue weighted by molar-refractivity contribution is 0.417. The second-order valence-corrected chi connectivity index (χ2v) is 4.06. The summed E-state index contributed by atoms with van der Waals surface area (Å²) in [6.07, 6.45) is 0.934. The van der Waals surface area contributed by atoms with Crippen LogP contribution in [0.4, 0.5) is 0 Å². The van der Waals surface area contributed by atoms with Crippen molar-refractivity contribution in [2.24, 2.45) is 0 Å². The van der Waals surface area contributed by atoms with Crippen LogP contribution in [-0.4, -0.2) is 12.2 Å². The summed E-state index contributed by atoms with van der Waals surface area (Å²) in [5.41, 5.74) is 1.15. The summed E-state index contributed by atoms with van der Waals surface area (Å²) in [7, 11) is 1.62. The molecule has 14 heavy (non-hydrogen) atoms. The van der Waals surface area contributed by atoms with Gasteiger partial charge in [-0.25, -0.2) is 0 Å². The van der Waals surface area contributed by atoms with Gasteiger partial charge >= 0.3 is 0 Å². The molecule has 0 amide bonds. The first-order valence-electron chi connectivity index (χ1n) is 4.53. The Morgan fingerprint density at radius 2 is 2.21 bits per heavy atom. The summed E-state index contributed by atoms with van der Waals surface area (Å²) in [5.74, 6) is 1.07. The van der Waals surface area contributed by atoms with Crippen molar-refractivity contribution in [2.75, 3.05) is 7.11 Å². The van der Waals surface area contributed by atoms with E-state index in [0.717, 1.165) is 27.8 Å². The van der Waals surface area contributed by atoms with Crippen LogP contribution < -0.4 is 4.74 Å². The number of aromatic hydroxyl groups is 1. The number of fused-ring (bicyclic) bond motifs is 1. The quantitative estimate of drug-likeness (QED) is 0.821. The van der Waals surface area contributed by atoms with Gasteiger partial charge in [0.15, 0.2) is 0 Å². The largest absolute Gasteiger partial charge is 0.507 e. The molecular weight excluding hydrogens is 196 g/mol. The Morgan fingerprint density at radius 3 is 2.86 bits per heavy atom. The summed E-state index contributed by atoms with van der Waals surface area (Å²) in [6.45, 7) is 2.07. The number of hydrogen-bond donors (Lipinski definition) is 1. The number of ether oxygens (including phenoxy) is 1. The minimum Gasteiger partial charge on any atom is -0.507 e. The Kier molecular flexibility index (Phi) is 2.33. The van der Waals surface area contributed by atoms with E-state index in [1.54, 1.807) is 24.5 Å². The smallest absolute Gasteiger partial charge is 0.141 e. The maximum atomic E-state index is 9.81. The maximum Gasteiger partial charge on any atom is 0.141 e. The van der Waals surface area contributed by atoms with Crippen LogP contribution in [0.3, 0.4) is 0 Å². The third kappa shape index (κ3) is 1.34. The predicted octanol–water partition coefficient (Wildman–Crippen LogP) is 3.18. The summed E-state index contributed by atoms with van der Waals surface area (Å²) in [6, 6.07) is 3.90. The molecule has 0 saturated heterocycles. The SMILES string of the molecule is CCc1cc(O)c2c(OC)csc2c1. The molecule has 0 saturated carbocycles. The van der Waals surface area contributed by atoms with Crippen LogP contribution in [0.5, 0.6) is 11.5 Å². The van der Waals surface area contributed by atoms with Gasteiger partial charge in [-0.2, -0.15) is 0 Å². The Hall–Kier alpha value is -1.22. The molecule has 0 atom stereocenters. The Bertz CT molecular complexity index is 460. The first kappa shape index (κ1) is 9.34. The van der Waals surface area contributed by atoms with E-state index < -0.39 is 0 Å². The first-order valence-corrected chi connectivity index (χ1v) is 5.41. The number of thiophene rings is 1. The minimum atomic E-state index is 0.317. The van der Waals surface area contributed by atoms with E-state index in [-0.39, 0.29) is 0 Å². The molecule has 1 aromatic carbocycles. The summed E-state index contributed by atoms with van der Waals surface area (Å²) >= 11 is 1.60. The highest BCUT2D eigenvalue weighted by Crippen LogP contribution is 2.39. The number of aryl methyl sites for hydroxylation is 1. The zero-order valence-corrected chi connectivity index (χ0v) is 9.02. The zero-order chi connectivity index (χ0) is 10.1. The van der Waals surface area contributed by atoms with E-state index in [2.05, 4.69) is 13.0 Å². The van der Waals surface area contributed by atoms with Crippen LogP contribution in [0.25, 0.3) is 10.1 Å². The minimum absolute atomic E-state index is 0.317. The van der Waals surface area contributed by atoms with Gasteiger partial charge in [-0.15, -0.1) is 11.3 Å². The molecule has 74 valence electrons. The molecule has 0 radical (unpaired) electrons. The molecule has 1 aromatic heterocycles. The molecule has 0 aliphatic heterocycles. The van der Waals surface area contributed by atoms with Gasteiger partial charge in [0.2, 0.25) is 0 Å². The Labute approximate surface area is 86.8 Å². The summed E-state index contributed by atoms with van der Waals surface area (Å²) in [5, 5.41) is 12.6. The van der Waals surface area contributed by atoms with Gasteiger partial charge in [0.05, 0.1) is 12.5 Å². The highest BCUT2D eigenvalue weighted by molar-refractivity contribution is 7.17. The van der Waals surface area contributed by atoms with E-state index in [9.17, 15) is 5.11 Å². The van der Waals surface area contributed by atoms with Gasteiger partial charge < -0.3 is 9.84 Å². The highest BCUT2D eigenvalue weighted by atomic mass is 32.1. The van der Waals surface area contributed by atoms with Gasteiger partial charge in [-0.05, 0) is 24.1 Å². The fraction of sp³-hybridized carbons (Fsp3) is 0.273. The van der Waals surface area contributed by atoms with Crippen molar-refractivity contribution in [3.05, 3.63) is 23.1 Å². The second-order valence-electron chi connectivity index (χ2n) is 3.15. The van der Waals surface area contributed by atoms with Gasteiger partial charge in [0.25, 0.3) is 0 Å².